The van der Waals surface area contributed by atoms with E-state index in [1.165, 1.54) is 6.07 Å². The standard InChI is InChI=1S/C20H20F2N4O2/c21-20(22)7-6-17(15(10-20)16-3-1-2-8-24-16)26-11-13-5-4-12(18(27)25-23)9-14(13)19(26)28/h1-5,8-9,15,17H,6-7,10-11,23H2,(H,25,27). The van der Waals surface area contributed by atoms with Crippen LogP contribution in [0, 0.1) is 0 Å². The predicted molar refractivity (Wildman–Crippen MR) is 97.5 cm³/mol. The van der Waals surface area contributed by atoms with E-state index in [9.17, 15) is 18.4 Å². The molecule has 146 valence electrons. The summed E-state index contributed by atoms with van der Waals surface area (Å²) in [5.41, 5.74) is 4.09. The van der Waals surface area contributed by atoms with Crippen molar-refractivity contribution in [3.05, 3.63) is 65.0 Å². The van der Waals surface area contributed by atoms with E-state index in [0.717, 1.165) is 5.56 Å². The Balaban J connectivity index is 1.65. The van der Waals surface area contributed by atoms with Crippen LogP contribution in [0.1, 0.15) is 57.2 Å². The van der Waals surface area contributed by atoms with Crippen molar-refractivity contribution in [2.24, 2.45) is 5.84 Å². The van der Waals surface area contributed by atoms with E-state index in [0.29, 0.717) is 17.8 Å². The average Bonchev–Trinajstić information content (AvgIpc) is 3.03. The Morgan fingerprint density at radius 3 is 2.82 bits per heavy atom. The zero-order chi connectivity index (χ0) is 19.9. The van der Waals surface area contributed by atoms with Crippen LogP contribution in [-0.4, -0.2) is 33.7 Å². The number of benzene rings is 1. The van der Waals surface area contributed by atoms with Gasteiger partial charge in [-0.25, -0.2) is 14.6 Å². The topological polar surface area (TPSA) is 88.3 Å². The number of alkyl halides is 2. The predicted octanol–water partition coefficient (Wildman–Crippen LogP) is 2.61. The molecule has 2 amide bonds. The number of hydrazine groups is 1. The van der Waals surface area contributed by atoms with Gasteiger partial charge < -0.3 is 4.90 Å². The summed E-state index contributed by atoms with van der Waals surface area (Å²) in [5.74, 6) is 1.10. The number of nitrogens with zero attached hydrogens (tertiary/aromatic N) is 2. The minimum Gasteiger partial charge on any atom is -0.331 e. The van der Waals surface area contributed by atoms with E-state index < -0.39 is 17.7 Å². The molecule has 1 saturated carbocycles. The Kier molecular flexibility index (Phi) is 4.58. The van der Waals surface area contributed by atoms with Crippen LogP contribution in [0.4, 0.5) is 8.78 Å². The number of carbonyl (C=O) groups is 2. The lowest BCUT2D eigenvalue weighted by atomic mass is 9.79. The lowest BCUT2D eigenvalue weighted by molar-refractivity contribution is -0.0608. The maximum atomic E-state index is 14.2. The molecule has 28 heavy (non-hydrogen) atoms. The van der Waals surface area contributed by atoms with Gasteiger partial charge in [0.15, 0.2) is 0 Å². The quantitative estimate of drug-likeness (QED) is 0.482. The van der Waals surface area contributed by atoms with Gasteiger partial charge in [0.2, 0.25) is 5.92 Å². The molecule has 2 heterocycles. The fourth-order valence-electron chi connectivity index (χ4n) is 4.21. The minimum absolute atomic E-state index is 0.199. The highest BCUT2D eigenvalue weighted by Gasteiger charge is 2.47. The summed E-state index contributed by atoms with van der Waals surface area (Å²) in [5, 5.41) is 0. The fraction of sp³-hybridized carbons (Fsp3) is 0.350. The number of nitrogens with one attached hydrogen (secondary N) is 1. The smallest absolute Gasteiger partial charge is 0.265 e. The molecule has 1 fully saturated rings. The van der Waals surface area contributed by atoms with Gasteiger partial charge in [-0.15, -0.1) is 0 Å². The lowest BCUT2D eigenvalue weighted by Gasteiger charge is -2.40. The van der Waals surface area contributed by atoms with Crippen molar-refractivity contribution >= 4 is 11.8 Å². The first-order chi connectivity index (χ1) is 13.4. The van der Waals surface area contributed by atoms with E-state index >= 15 is 0 Å². The minimum atomic E-state index is -2.78. The van der Waals surface area contributed by atoms with Gasteiger partial charge in [-0.05, 0) is 36.2 Å². The zero-order valence-corrected chi connectivity index (χ0v) is 15.1. The Hall–Kier alpha value is -2.87. The number of hydrogen-bond acceptors (Lipinski definition) is 4. The van der Waals surface area contributed by atoms with Crippen molar-refractivity contribution < 1.29 is 18.4 Å². The summed E-state index contributed by atoms with van der Waals surface area (Å²) >= 11 is 0. The summed E-state index contributed by atoms with van der Waals surface area (Å²) < 4.78 is 28.3. The van der Waals surface area contributed by atoms with E-state index in [-0.39, 0.29) is 36.8 Å². The van der Waals surface area contributed by atoms with Crippen molar-refractivity contribution in [2.75, 3.05) is 0 Å². The number of pyridine rings is 1. The van der Waals surface area contributed by atoms with Gasteiger partial charge >= 0.3 is 0 Å². The number of aromatic nitrogens is 1. The first-order valence-electron chi connectivity index (χ1n) is 9.13. The van der Waals surface area contributed by atoms with Gasteiger partial charge in [0.25, 0.3) is 11.8 Å². The number of fused-ring (bicyclic) bond motifs is 1. The SMILES string of the molecule is NNC(=O)c1ccc2c(c1)C(=O)N(C1CCC(F)(F)CC1c1ccccn1)C2. The molecule has 2 aromatic rings. The molecule has 0 saturated heterocycles. The van der Waals surface area contributed by atoms with Crippen LogP contribution in [0.3, 0.4) is 0 Å². The normalized spacial score (nSPS) is 23.4. The zero-order valence-electron chi connectivity index (χ0n) is 15.1. The van der Waals surface area contributed by atoms with Crippen molar-refractivity contribution in [2.45, 2.75) is 43.7 Å². The molecule has 2 atom stereocenters. The van der Waals surface area contributed by atoms with Crippen LogP contribution in [0.5, 0.6) is 0 Å². The largest absolute Gasteiger partial charge is 0.331 e. The first kappa shape index (κ1) is 18.5. The highest BCUT2D eigenvalue weighted by molar-refractivity contribution is 6.02. The van der Waals surface area contributed by atoms with Gasteiger partial charge in [0.05, 0.1) is 0 Å². The molecule has 0 bridgehead atoms. The maximum absolute atomic E-state index is 14.2. The molecule has 8 heteroatoms. The Morgan fingerprint density at radius 2 is 2.11 bits per heavy atom. The van der Waals surface area contributed by atoms with Crippen LogP contribution in [0.15, 0.2) is 42.6 Å². The van der Waals surface area contributed by atoms with Crippen LogP contribution < -0.4 is 11.3 Å². The second-order valence-electron chi connectivity index (χ2n) is 7.31. The van der Waals surface area contributed by atoms with Gasteiger partial charge in [0.1, 0.15) is 0 Å². The monoisotopic (exact) mass is 386 g/mol. The summed E-state index contributed by atoms with van der Waals surface area (Å²) in [6, 6.07) is 9.68. The van der Waals surface area contributed by atoms with Crippen molar-refractivity contribution in [1.82, 2.24) is 15.3 Å². The van der Waals surface area contributed by atoms with Gasteiger partial charge in [-0.2, -0.15) is 0 Å². The second-order valence-corrected chi connectivity index (χ2v) is 7.31. The molecule has 2 aliphatic rings. The molecule has 1 aliphatic carbocycles. The molecule has 0 radical (unpaired) electrons. The number of nitrogen functional groups attached to an aromatic ring is 1. The average molecular weight is 386 g/mol. The summed E-state index contributed by atoms with van der Waals surface area (Å²) in [6.45, 7) is 0.332. The van der Waals surface area contributed by atoms with Crippen LogP contribution in [-0.2, 0) is 6.54 Å². The lowest BCUT2D eigenvalue weighted by Crippen LogP contribution is -2.46. The van der Waals surface area contributed by atoms with Crippen LogP contribution in [0.2, 0.25) is 0 Å². The molecule has 3 N–H and O–H groups in total. The fourth-order valence-corrected chi connectivity index (χ4v) is 4.21. The van der Waals surface area contributed by atoms with Crippen LogP contribution in [0.25, 0.3) is 0 Å². The third-order valence-electron chi connectivity index (χ3n) is 5.59. The summed E-state index contributed by atoms with van der Waals surface area (Å²) in [7, 11) is 0. The molecular weight excluding hydrogens is 366 g/mol. The number of hydrogen-bond donors (Lipinski definition) is 2. The van der Waals surface area contributed by atoms with Crippen molar-refractivity contribution in [1.29, 1.82) is 0 Å². The molecular formula is C20H20F2N4O2. The van der Waals surface area contributed by atoms with E-state index in [1.807, 2.05) is 5.43 Å². The Morgan fingerprint density at radius 1 is 1.29 bits per heavy atom. The van der Waals surface area contributed by atoms with Crippen molar-refractivity contribution in [3.8, 4) is 0 Å². The Labute approximate surface area is 160 Å². The summed E-state index contributed by atoms with van der Waals surface area (Å²) in [6.07, 6.45) is 1.18. The summed E-state index contributed by atoms with van der Waals surface area (Å²) in [4.78, 5) is 30.7. The number of carbonyl (C=O) groups excluding carboxylic acids is 2. The Bertz CT molecular complexity index is 920. The van der Waals surface area contributed by atoms with Gasteiger partial charge in [0, 0.05) is 54.4 Å². The highest BCUT2D eigenvalue weighted by atomic mass is 19.3. The third-order valence-corrected chi connectivity index (χ3v) is 5.59. The van der Waals surface area contributed by atoms with Crippen LogP contribution >= 0.6 is 0 Å². The molecule has 0 spiro atoms. The van der Waals surface area contributed by atoms with E-state index in [2.05, 4.69) is 4.98 Å². The molecule has 6 nitrogen and oxygen atoms in total. The van der Waals surface area contributed by atoms with E-state index in [4.69, 9.17) is 5.84 Å². The van der Waals surface area contributed by atoms with Gasteiger partial charge in [-0.3, -0.25) is 20.0 Å². The molecule has 1 aromatic carbocycles. The third kappa shape index (κ3) is 3.24. The number of rotatable bonds is 3. The highest BCUT2D eigenvalue weighted by Crippen LogP contribution is 2.45. The molecule has 1 aromatic heterocycles. The first-order valence-corrected chi connectivity index (χ1v) is 9.13. The molecule has 1 aliphatic heterocycles. The van der Waals surface area contributed by atoms with Crippen molar-refractivity contribution in [3.63, 3.8) is 0 Å². The van der Waals surface area contributed by atoms with Gasteiger partial charge in [-0.1, -0.05) is 12.1 Å². The molecule has 2 unspecified atom stereocenters. The molecule has 4 rings (SSSR count). The number of nitrogens with two attached hydrogens (primary N) is 1. The van der Waals surface area contributed by atoms with E-state index in [1.54, 1.807) is 41.4 Å². The number of halogens is 2. The second kappa shape index (κ2) is 6.94. The maximum Gasteiger partial charge on any atom is 0.265 e. The number of amides is 2.